The third-order valence-corrected chi connectivity index (χ3v) is 7.89. The van der Waals surface area contributed by atoms with E-state index in [1.54, 1.807) is 41.3 Å². The molecule has 1 aliphatic heterocycles. The van der Waals surface area contributed by atoms with Gasteiger partial charge in [0.25, 0.3) is 11.8 Å². The van der Waals surface area contributed by atoms with Crippen molar-refractivity contribution in [3.05, 3.63) is 47.5 Å². The average Bonchev–Trinajstić information content (AvgIpc) is 3.08. The van der Waals surface area contributed by atoms with E-state index >= 15 is 0 Å². The van der Waals surface area contributed by atoms with E-state index in [-0.39, 0.29) is 55.3 Å². The van der Waals surface area contributed by atoms with Gasteiger partial charge in [-0.15, -0.1) is 0 Å². The number of fused-ring (bicyclic) bond motifs is 2. The largest absolute Gasteiger partial charge is 0.484 e. The summed E-state index contributed by atoms with van der Waals surface area (Å²) in [6.45, 7) is 6.09. The molecule has 3 rings (SSSR count). The number of pyridine rings is 1. The Balaban J connectivity index is 1.81. The second kappa shape index (κ2) is 19.9. The van der Waals surface area contributed by atoms with Crippen molar-refractivity contribution in [2.24, 2.45) is 5.92 Å². The van der Waals surface area contributed by atoms with Crippen LogP contribution in [0.4, 0.5) is 0 Å². The van der Waals surface area contributed by atoms with Crippen molar-refractivity contribution in [1.29, 1.82) is 0 Å². The SMILES string of the molecule is COc1ccc(C(=O)N2CCCCNC(=O)[C@H]([C@@H](C)O)NC(=O)[C@@H](CC(C)C)NC(=O)Cc3cccc(c3)OCC(=O)NCCC2)c(OC)n1. The van der Waals surface area contributed by atoms with Gasteiger partial charge in [-0.05, 0) is 62.3 Å². The van der Waals surface area contributed by atoms with Gasteiger partial charge >= 0.3 is 0 Å². The number of carbonyl (C=O) groups is 5. The van der Waals surface area contributed by atoms with Gasteiger partial charge in [0.1, 0.15) is 23.4 Å². The van der Waals surface area contributed by atoms with Crippen LogP contribution in [0.1, 0.15) is 62.4 Å². The monoisotopic (exact) mass is 698 g/mol. The van der Waals surface area contributed by atoms with Crippen LogP contribution >= 0.6 is 0 Å². The Morgan fingerprint density at radius 3 is 2.38 bits per heavy atom. The molecule has 2 bridgehead atoms. The lowest BCUT2D eigenvalue weighted by Gasteiger charge is -2.26. The molecule has 3 atom stereocenters. The van der Waals surface area contributed by atoms with E-state index in [0.29, 0.717) is 56.0 Å². The zero-order valence-electron chi connectivity index (χ0n) is 29.5. The highest BCUT2D eigenvalue weighted by molar-refractivity contribution is 5.96. The molecule has 1 aromatic heterocycles. The summed E-state index contributed by atoms with van der Waals surface area (Å²) >= 11 is 0. The van der Waals surface area contributed by atoms with Crippen LogP contribution in [-0.2, 0) is 25.6 Å². The van der Waals surface area contributed by atoms with Crippen LogP contribution in [-0.4, -0.2) is 110 Å². The van der Waals surface area contributed by atoms with Crippen LogP contribution in [0.2, 0.25) is 0 Å². The Bertz CT molecular complexity index is 1470. The summed E-state index contributed by atoms with van der Waals surface area (Å²) in [6.07, 6.45) is 0.465. The maximum atomic E-state index is 13.6. The zero-order chi connectivity index (χ0) is 36.6. The molecule has 1 aliphatic rings. The number of hydrogen-bond acceptors (Lipinski definition) is 10. The van der Waals surface area contributed by atoms with E-state index in [9.17, 15) is 29.1 Å². The Kier molecular flexibility index (Phi) is 15.7. The lowest BCUT2D eigenvalue weighted by molar-refractivity contribution is -0.134. The average molecular weight is 699 g/mol. The summed E-state index contributed by atoms with van der Waals surface area (Å²) in [5.74, 6) is -1.43. The summed E-state index contributed by atoms with van der Waals surface area (Å²) in [5.41, 5.74) is 0.852. The summed E-state index contributed by atoms with van der Waals surface area (Å²) in [6, 6.07) is 7.68. The molecule has 15 heteroatoms. The molecule has 5 amide bonds. The minimum Gasteiger partial charge on any atom is -0.484 e. The van der Waals surface area contributed by atoms with E-state index in [4.69, 9.17) is 14.2 Å². The number of nitrogens with zero attached hydrogens (tertiary/aromatic N) is 2. The van der Waals surface area contributed by atoms with Crippen molar-refractivity contribution in [2.45, 2.75) is 71.1 Å². The fraction of sp³-hybridized carbons (Fsp3) is 0.543. The maximum Gasteiger partial charge on any atom is 0.259 e. The standard InChI is InChI=1S/C35H50N6O9/c1-22(2)18-27-32(45)40-31(23(3)42)33(46)37-14-6-7-16-41(35(47)26-12-13-30(48-4)39-34(26)49-5)17-9-15-36-29(44)21-50-25-11-8-10-24(19-25)20-28(43)38-27/h8,10-13,19,22-23,27,31,42H,6-7,9,14-18,20-21H2,1-5H3,(H,36,44)(H,37,46)(H,38,43)(H,40,45)/t23-,27-,31+/m1/s1. The molecule has 0 saturated heterocycles. The Morgan fingerprint density at radius 1 is 0.940 bits per heavy atom. The lowest BCUT2D eigenvalue weighted by Crippen LogP contribution is -2.57. The smallest absolute Gasteiger partial charge is 0.259 e. The number of rotatable bonds is 6. The van der Waals surface area contributed by atoms with Crippen molar-refractivity contribution in [3.63, 3.8) is 0 Å². The van der Waals surface area contributed by atoms with Gasteiger partial charge in [-0.25, -0.2) is 0 Å². The number of amides is 5. The molecule has 0 radical (unpaired) electrons. The van der Waals surface area contributed by atoms with Crippen molar-refractivity contribution in [2.75, 3.05) is 47.0 Å². The fourth-order valence-corrected chi connectivity index (χ4v) is 5.33. The number of methoxy groups -OCH3 is 2. The van der Waals surface area contributed by atoms with Crippen LogP contribution in [0.5, 0.6) is 17.5 Å². The number of ether oxygens (including phenoxy) is 3. The van der Waals surface area contributed by atoms with E-state index in [2.05, 4.69) is 26.3 Å². The quantitative estimate of drug-likeness (QED) is 0.290. The molecule has 0 aliphatic carbocycles. The first kappa shape index (κ1) is 39.5. The predicted molar refractivity (Wildman–Crippen MR) is 184 cm³/mol. The van der Waals surface area contributed by atoms with Crippen molar-refractivity contribution >= 4 is 29.5 Å². The molecule has 0 unspecified atom stereocenters. The molecule has 2 heterocycles. The summed E-state index contributed by atoms with van der Waals surface area (Å²) < 4.78 is 16.2. The second-order valence-corrected chi connectivity index (χ2v) is 12.5. The minimum atomic E-state index is -1.25. The van der Waals surface area contributed by atoms with Gasteiger partial charge in [-0.3, -0.25) is 24.0 Å². The Morgan fingerprint density at radius 2 is 1.68 bits per heavy atom. The summed E-state index contributed by atoms with van der Waals surface area (Å²) in [5, 5.41) is 21.3. The molecule has 50 heavy (non-hydrogen) atoms. The highest BCUT2D eigenvalue weighted by Gasteiger charge is 2.30. The van der Waals surface area contributed by atoms with Crippen LogP contribution < -0.4 is 35.5 Å². The molecular weight excluding hydrogens is 648 g/mol. The van der Waals surface area contributed by atoms with Gasteiger partial charge in [0, 0.05) is 32.2 Å². The molecule has 0 saturated carbocycles. The van der Waals surface area contributed by atoms with E-state index in [1.807, 2.05) is 13.8 Å². The Hall–Kier alpha value is -4.92. The van der Waals surface area contributed by atoms with E-state index in [1.165, 1.54) is 21.1 Å². The first-order valence-electron chi connectivity index (χ1n) is 16.8. The van der Waals surface area contributed by atoms with Gasteiger partial charge in [0.2, 0.25) is 29.5 Å². The number of aliphatic hydroxyl groups excluding tert-OH is 1. The van der Waals surface area contributed by atoms with Crippen molar-refractivity contribution in [3.8, 4) is 17.5 Å². The third-order valence-electron chi connectivity index (χ3n) is 7.89. The van der Waals surface area contributed by atoms with Crippen molar-refractivity contribution in [1.82, 2.24) is 31.2 Å². The molecule has 274 valence electrons. The summed E-state index contributed by atoms with van der Waals surface area (Å²) in [4.78, 5) is 71.5. The molecule has 0 spiro atoms. The second-order valence-electron chi connectivity index (χ2n) is 12.5. The van der Waals surface area contributed by atoms with E-state index in [0.717, 1.165) is 0 Å². The first-order valence-corrected chi connectivity index (χ1v) is 16.8. The number of nitrogens with one attached hydrogen (secondary N) is 4. The number of benzene rings is 1. The van der Waals surface area contributed by atoms with Gasteiger partial charge in [0.15, 0.2) is 6.61 Å². The number of aliphatic hydroxyl groups is 1. The number of aromatic nitrogens is 1. The third kappa shape index (κ3) is 12.5. The maximum absolute atomic E-state index is 13.6. The van der Waals surface area contributed by atoms with Crippen LogP contribution in [0.15, 0.2) is 36.4 Å². The topological polar surface area (TPSA) is 198 Å². The van der Waals surface area contributed by atoms with Crippen LogP contribution in [0.25, 0.3) is 0 Å². The van der Waals surface area contributed by atoms with Crippen molar-refractivity contribution < 1.29 is 43.3 Å². The highest BCUT2D eigenvalue weighted by Crippen LogP contribution is 2.22. The predicted octanol–water partition coefficient (Wildman–Crippen LogP) is 0.975. The summed E-state index contributed by atoms with van der Waals surface area (Å²) in [7, 11) is 2.87. The minimum absolute atomic E-state index is 0.0353. The van der Waals surface area contributed by atoms with Gasteiger partial charge < -0.3 is 45.5 Å². The fourth-order valence-electron chi connectivity index (χ4n) is 5.33. The van der Waals surface area contributed by atoms with Gasteiger partial charge in [-0.1, -0.05) is 26.0 Å². The molecule has 1 aromatic carbocycles. The molecule has 0 fully saturated rings. The normalized spacial score (nSPS) is 19.9. The van der Waals surface area contributed by atoms with Gasteiger partial charge in [-0.2, -0.15) is 4.98 Å². The Labute approximate surface area is 292 Å². The molecule has 2 aromatic rings. The number of carbonyl (C=O) groups excluding carboxylic acids is 5. The lowest BCUT2D eigenvalue weighted by atomic mass is 10.0. The van der Waals surface area contributed by atoms with E-state index < -0.39 is 35.9 Å². The first-order chi connectivity index (χ1) is 23.9. The number of hydrogen-bond donors (Lipinski definition) is 5. The molecule has 5 N–H and O–H groups in total. The van der Waals surface area contributed by atoms with Crippen LogP contribution in [0, 0.1) is 5.92 Å². The molecule has 15 nitrogen and oxygen atoms in total. The zero-order valence-corrected chi connectivity index (χ0v) is 29.5. The van der Waals surface area contributed by atoms with Gasteiger partial charge in [0.05, 0.1) is 26.7 Å². The van der Waals surface area contributed by atoms with Crippen LogP contribution in [0.3, 0.4) is 0 Å². The highest BCUT2D eigenvalue weighted by atomic mass is 16.5. The molecular formula is C35H50N6O9.